The van der Waals surface area contributed by atoms with Gasteiger partial charge in [-0.2, -0.15) is 0 Å². The lowest BCUT2D eigenvalue weighted by atomic mass is 10.2. The fourth-order valence-corrected chi connectivity index (χ4v) is 1.76. The maximum absolute atomic E-state index is 11.1. The van der Waals surface area contributed by atoms with Crippen LogP contribution in [-0.2, 0) is 4.79 Å². The van der Waals surface area contributed by atoms with Gasteiger partial charge in [0.25, 0.3) is 0 Å². The van der Waals surface area contributed by atoms with E-state index in [0.717, 1.165) is 24.2 Å². The molecule has 2 rings (SSSR count). The topological polar surface area (TPSA) is 55.1 Å². The number of hydrogen-bond donors (Lipinski definition) is 1. The van der Waals surface area contributed by atoms with Gasteiger partial charge in [0.15, 0.2) is 0 Å². The number of hydrogen-bond acceptors (Lipinski definition) is 2. The maximum atomic E-state index is 11.1. The predicted octanol–water partition coefficient (Wildman–Crippen LogP) is 1.54. The van der Waals surface area contributed by atoms with Crippen molar-refractivity contribution in [1.29, 1.82) is 0 Å². The number of rotatable bonds is 3. The number of carboxylic acid groups (broad SMARTS) is 1. The van der Waals surface area contributed by atoms with Gasteiger partial charge in [-0.15, -0.1) is 0 Å². The highest BCUT2D eigenvalue weighted by molar-refractivity contribution is 5.73. The van der Waals surface area contributed by atoms with E-state index in [-0.39, 0.29) is 0 Å². The Balaban J connectivity index is 2.34. The highest BCUT2D eigenvalue weighted by Gasteiger charge is 2.38. The molecule has 0 saturated heterocycles. The summed E-state index contributed by atoms with van der Waals surface area (Å²) in [5.41, 5.74) is 1.88. The molecule has 1 atom stereocenters. The molecule has 0 bridgehead atoms. The third kappa shape index (κ3) is 1.41. The molecule has 0 radical (unpaired) electrons. The van der Waals surface area contributed by atoms with Crippen molar-refractivity contribution in [3.05, 3.63) is 17.7 Å². The summed E-state index contributed by atoms with van der Waals surface area (Å²) in [5, 5.41) is 9.12. The minimum atomic E-state index is -0.743. The summed E-state index contributed by atoms with van der Waals surface area (Å²) in [5.74, 6) is -0.437. The standard InChI is InChI=1S/C10H14N2O2/c1-6-7(2)12(5-11-6)9(10(13)14)8-3-4-8/h5,8-9H,3-4H2,1-2H3,(H,13,14). The quantitative estimate of drug-likeness (QED) is 0.794. The summed E-state index contributed by atoms with van der Waals surface area (Å²) in [6.07, 6.45) is 3.68. The molecule has 0 aliphatic heterocycles. The Kier molecular flexibility index (Phi) is 2.06. The van der Waals surface area contributed by atoms with Crippen LogP contribution in [0.1, 0.15) is 30.3 Å². The molecule has 4 heteroatoms. The van der Waals surface area contributed by atoms with Crippen LogP contribution >= 0.6 is 0 Å². The van der Waals surface area contributed by atoms with E-state index in [2.05, 4.69) is 4.98 Å². The Labute approximate surface area is 82.6 Å². The van der Waals surface area contributed by atoms with E-state index >= 15 is 0 Å². The van der Waals surface area contributed by atoms with Crippen molar-refractivity contribution in [2.45, 2.75) is 32.7 Å². The molecule has 1 aromatic heterocycles. The average Bonchev–Trinajstić information content (AvgIpc) is 2.88. The molecule has 0 aromatic carbocycles. The zero-order chi connectivity index (χ0) is 10.3. The normalized spacial score (nSPS) is 18.1. The highest BCUT2D eigenvalue weighted by Crippen LogP contribution is 2.40. The second-order valence-corrected chi connectivity index (χ2v) is 3.94. The SMILES string of the molecule is Cc1ncn(C(C(=O)O)C2CC2)c1C. The molecule has 1 N–H and O–H groups in total. The van der Waals surface area contributed by atoms with Gasteiger partial charge in [0, 0.05) is 5.69 Å². The Bertz CT molecular complexity index is 366. The number of carboxylic acids is 1. The van der Waals surface area contributed by atoms with Crippen molar-refractivity contribution >= 4 is 5.97 Å². The monoisotopic (exact) mass is 194 g/mol. The van der Waals surface area contributed by atoms with Crippen molar-refractivity contribution in [1.82, 2.24) is 9.55 Å². The Morgan fingerprint density at radius 2 is 2.29 bits per heavy atom. The molecule has 1 aromatic rings. The third-order valence-electron chi connectivity index (χ3n) is 2.91. The van der Waals surface area contributed by atoms with Gasteiger partial charge in [0.05, 0.1) is 12.0 Å². The first-order valence-corrected chi connectivity index (χ1v) is 4.84. The predicted molar refractivity (Wildman–Crippen MR) is 51.1 cm³/mol. The molecule has 1 saturated carbocycles. The van der Waals surface area contributed by atoms with Crippen molar-refractivity contribution in [2.75, 3.05) is 0 Å². The first-order chi connectivity index (χ1) is 6.61. The van der Waals surface area contributed by atoms with E-state index in [0.29, 0.717) is 5.92 Å². The third-order valence-corrected chi connectivity index (χ3v) is 2.91. The summed E-state index contributed by atoms with van der Waals surface area (Å²) >= 11 is 0. The lowest BCUT2D eigenvalue weighted by Gasteiger charge is -2.14. The molecule has 1 heterocycles. The fourth-order valence-electron chi connectivity index (χ4n) is 1.76. The number of aliphatic carboxylic acids is 1. The van der Waals surface area contributed by atoms with E-state index in [1.165, 1.54) is 0 Å². The van der Waals surface area contributed by atoms with Crippen LogP contribution in [0.5, 0.6) is 0 Å². The number of carbonyl (C=O) groups is 1. The van der Waals surface area contributed by atoms with Gasteiger partial charge in [0.1, 0.15) is 6.04 Å². The van der Waals surface area contributed by atoms with Crippen LogP contribution in [0.4, 0.5) is 0 Å². The molecule has 0 amide bonds. The number of nitrogens with zero attached hydrogens (tertiary/aromatic N) is 2. The number of aromatic nitrogens is 2. The second kappa shape index (κ2) is 3.12. The van der Waals surface area contributed by atoms with Gasteiger partial charge >= 0.3 is 5.97 Å². The molecule has 1 fully saturated rings. The van der Waals surface area contributed by atoms with Crippen LogP contribution in [-0.4, -0.2) is 20.6 Å². The van der Waals surface area contributed by atoms with Crippen LogP contribution in [0.25, 0.3) is 0 Å². The van der Waals surface area contributed by atoms with Gasteiger partial charge < -0.3 is 9.67 Å². The molecule has 14 heavy (non-hydrogen) atoms. The van der Waals surface area contributed by atoms with E-state index in [4.69, 9.17) is 5.11 Å². The van der Waals surface area contributed by atoms with Gasteiger partial charge in [0.2, 0.25) is 0 Å². The van der Waals surface area contributed by atoms with E-state index in [1.807, 2.05) is 13.8 Å². The first kappa shape index (κ1) is 9.24. The lowest BCUT2D eigenvalue weighted by Crippen LogP contribution is -2.21. The van der Waals surface area contributed by atoms with Crippen LogP contribution in [0.15, 0.2) is 6.33 Å². The minimum Gasteiger partial charge on any atom is -0.480 e. The average molecular weight is 194 g/mol. The molecular weight excluding hydrogens is 180 g/mol. The van der Waals surface area contributed by atoms with Crippen molar-refractivity contribution in [2.24, 2.45) is 5.92 Å². The maximum Gasteiger partial charge on any atom is 0.327 e. The number of imidazole rings is 1. The summed E-state index contributed by atoms with van der Waals surface area (Å²) in [6, 6.07) is -0.406. The minimum absolute atomic E-state index is 0.305. The largest absolute Gasteiger partial charge is 0.480 e. The van der Waals surface area contributed by atoms with Crippen LogP contribution in [0, 0.1) is 19.8 Å². The van der Waals surface area contributed by atoms with Gasteiger partial charge in [-0.3, -0.25) is 0 Å². The Morgan fingerprint density at radius 3 is 2.64 bits per heavy atom. The Hall–Kier alpha value is -1.32. The molecule has 1 aliphatic rings. The van der Waals surface area contributed by atoms with Gasteiger partial charge in [-0.25, -0.2) is 9.78 Å². The summed E-state index contributed by atoms with van der Waals surface area (Å²) < 4.78 is 1.79. The van der Waals surface area contributed by atoms with Crippen LogP contribution < -0.4 is 0 Å². The summed E-state index contributed by atoms with van der Waals surface area (Å²) in [6.45, 7) is 3.82. The molecule has 76 valence electrons. The van der Waals surface area contributed by atoms with E-state index in [1.54, 1.807) is 10.9 Å². The fraction of sp³-hybridized carbons (Fsp3) is 0.600. The smallest absolute Gasteiger partial charge is 0.327 e. The van der Waals surface area contributed by atoms with Crippen LogP contribution in [0.3, 0.4) is 0 Å². The lowest BCUT2D eigenvalue weighted by molar-refractivity contribution is -0.141. The molecule has 1 aliphatic carbocycles. The first-order valence-electron chi connectivity index (χ1n) is 4.84. The van der Waals surface area contributed by atoms with E-state index < -0.39 is 12.0 Å². The molecule has 0 spiro atoms. The summed E-state index contributed by atoms with van der Waals surface area (Å²) in [4.78, 5) is 15.2. The van der Waals surface area contributed by atoms with Gasteiger partial charge in [-0.05, 0) is 32.6 Å². The second-order valence-electron chi connectivity index (χ2n) is 3.94. The zero-order valence-electron chi connectivity index (χ0n) is 8.40. The molecule has 1 unspecified atom stereocenters. The van der Waals surface area contributed by atoms with Crippen molar-refractivity contribution in [3.63, 3.8) is 0 Å². The zero-order valence-corrected chi connectivity index (χ0v) is 8.40. The molecular formula is C10H14N2O2. The van der Waals surface area contributed by atoms with Gasteiger partial charge in [-0.1, -0.05) is 0 Å². The number of aryl methyl sites for hydroxylation is 1. The highest BCUT2D eigenvalue weighted by atomic mass is 16.4. The van der Waals surface area contributed by atoms with E-state index in [9.17, 15) is 4.79 Å². The Morgan fingerprint density at radius 1 is 1.64 bits per heavy atom. The van der Waals surface area contributed by atoms with Crippen molar-refractivity contribution < 1.29 is 9.90 Å². The van der Waals surface area contributed by atoms with Crippen LogP contribution in [0.2, 0.25) is 0 Å². The summed E-state index contributed by atoms with van der Waals surface area (Å²) in [7, 11) is 0. The molecule has 4 nitrogen and oxygen atoms in total. The van der Waals surface area contributed by atoms with Crippen molar-refractivity contribution in [3.8, 4) is 0 Å².